The minimum absolute atomic E-state index is 0.0970. The molecule has 0 spiro atoms. The number of alkyl halides is 3. The number of rotatable bonds is 10. The Balaban J connectivity index is 1.74. The fourth-order valence-corrected chi connectivity index (χ4v) is 5.30. The van der Waals surface area contributed by atoms with Gasteiger partial charge in [-0.05, 0) is 44.4 Å². The van der Waals surface area contributed by atoms with E-state index < -0.39 is 55.0 Å². The molecule has 2 heterocycles. The maximum absolute atomic E-state index is 13.2. The summed E-state index contributed by atoms with van der Waals surface area (Å²) in [6, 6.07) is -2.28. The van der Waals surface area contributed by atoms with E-state index in [-0.39, 0.29) is 30.7 Å². The van der Waals surface area contributed by atoms with Crippen molar-refractivity contribution in [1.29, 1.82) is 0 Å². The maximum atomic E-state index is 13.2. The van der Waals surface area contributed by atoms with Crippen LogP contribution in [0.4, 0.5) is 13.2 Å². The molecule has 2 saturated heterocycles. The highest BCUT2D eigenvalue weighted by Crippen LogP contribution is 2.42. The van der Waals surface area contributed by atoms with Crippen molar-refractivity contribution < 1.29 is 42.5 Å². The molecule has 188 valence electrons. The zero-order valence-electron chi connectivity index (χ0n) is 18.5. The number of carbonyl (C=O) groups excluding carboxylic acids is 3. The Kier molecular flexibility index (Phi) is 8.35. The molecule has 0 aromatic carbocycles. The monoisotopic (exact) mass is 479 g/mol. The number of aliphatic hydroxyl groups is 2. The van der Waals surface area contributed by atoms with E-state index >= 15 is 0 Å². The molecular formula is C21H32F3N3O6. The summed E-state index contributed by atoms with van der Waals surface area (Å²) in [5.41, 5.74) is 0. The zero-order chi connectivity index (χ0) is 24.3. The van der Waals surface area contributed by atoms with E-state index in [1.165, 1.54) is 0 Å². The van der Waals surface area contributed by atoms with Crippen LogP contribution in [0.1, 0.15) is 51.9 Å². The third-order valence-corrected chi connectivity index (χ3v) is 7.02. The number of nitrogens with zero attached hydrogens (tertiary/aromatic N) is 1. The van der Waals surface area contributed by atoms with Crippen LogP contribution in [0.25, 0.3) is 0 Å². The first-order chi connectivity index (χ1) is 15.5. The first kappa shape index (κ1) is 25.9. The number of nitrogens with one attached hydrogen (secondary N) is 2. The van der Waals surface area contributed by atoms with Crippen molar-refractivity contribution in [3.8, 4) is 0 Å². The van der Waals surface area contributed by atoms with E-state index in [1.807, 2.05) is 0 Å². The molecule has 3 rings (SSSR count). The minimum atomic E-state index is -5.00. The first-order valence-electron chi connectivity index (χ1n) is 11.5. The zero-order valence-corrected chi connectivity index (χ0v) is 18.5. The molecule has 1 saturated carbocycles. The summed E-state index contributed by atoms with van der Waals surface area (Å²) < 4.78 is 41.0. The number of ketones is 1. The molecule has 4 N–H and O–H groups in total. The van der Waals surface area contributed by atoms with Crippen LogP contribution in [0.15, 0.2) is 0 Å². The van der Waals surface area contributed by atoms with Gasteiger partial charge in [-0.25, -0.2) is 0 Å². The summed E-state index contributed by atoms with van der Waals surface area (Å²) in [6.45, 7) is 0.811. The van der Waals surface area contributed by atoms with E-state index in [2.05, 4.69) is 15.4 Å². The van der Waals surface area contributed by atoms with Gasteiger partial charge in [0.25, 0.3) is 0 Å². The topological polar surface area (TPSA) is 128 Å². The van der Waals surface area contributed by atoms with E-state index in [0.29, 0.717) is 19.4 Å². The predicted molar refractivity (Wildman–Crippen MR) is 108 cm³/mol. The SMILES string of the molecule is CC[C@@H](O)C(O)N1[C@H](C(=O)N[C@@H](C[C@@H]2CCNC2=O)C(=O)COC(F)(F)F)C[C@@H]2CCC[C@@H]21. The highest BCUT2D eigenvalue weighted by Gasteiger charge is 2.50. The molecule has 9 nitrogen and oxygen atoms in total. The van der Waals surface area contributed by atoms with Crippen LogP contribution in [0.3, 0.4) is 0 Å². The summed E-state index contributed by atoms with van der Waals surface area (Å²) in [7, 11) is 0. The number of hydrogen-bond acceptors (Lipinski definition) is 7. The van der Waals surface area contributed by atoms with Gasteiger partial charge in [-0.15, -0.1) is 13.2 Å². The molecule has 0 aromatic rings. The third kappa shape index (κ3) is 6.23. The lowest BCUT2D eigenvalue weighted by atomic mass is 9.95. The van der Waals surface area contributed by atoms with Crippen LogP contribution in [-0.2, 0) is 19.1 Å². The Bertz CT molecular complexity index is 737. The van der Waals surface area contributed by atoms with E-state index in [4.69, 9.17) is 0 Å². The molecule has 1 unspecified atom stereocenters. The standard InChI is InChI=1S/C21H32F3N3O6/c1-2-16(28)20(32)27-14-5-3-4-11(14)9-15(27)19(31)26-13(8-12-6-7-25-18(12)30)17(29)10-33-21(22,23)24/h11-16,20,28,32H,2-10H2,1H3,(H,25,30)(H,26,31)/t11-,12-,13-,14-,15-,16+,20?/m0/s1. The molecule has 3 fully saturated rings. The molecular weight excluding hydrogens is 447 g/mol. The molecule has 0 bridgehead atoms. The van der Waals surface area contributed by atoms with E-state index in [1.54, 1.807) is 11.8 Å². The highest BCUT2D eigenvalue weighted by atomic mass is 19.4. The Morgan fingerprint density at radius 1 is 1.27 bits per heavy atom. The molecule has 2 aliphatic heterocycles. The second-order valence-electron chi connectivity index (χ2n) is 9.12. The number of ether oxygens (including phenoxy) is 1. The number of halogens is 3. The number of carbonyl (C=O) groups is 3. The highest BCUT2D eigenvalue weighted by molar-refractivity contribution is 5.92. The van der Waals surface area contributed by atoms with Gasteiger partial charge in [0.1, 0.15) is 12.8 Å². The Hall–Kier alpha value is -1.76. The lowest BCUT2D eigenvalue weighted by molar-refractivity contribution is -0.321. The van der Waals surface area contributed by atoms with E-state index in [9.17, 15) is 37.8 Å². The summed E-state index contributed by atoms with van der Waals surface area (Å²) in [5.74, 6) is -2.40. The van der Waals surface area contributed by atoms with Crippen LogP contribution in [0.2, 0.25) is 0 Å². The lowest BCUT2D eigenvalue weighted by Crippen LogP contribution is -2.57. The quantitative estimate of drug-likeness (QED) is 0.358. The predicted octanol–water partition coefficient (Wildman–Crippen LogP) is 0.435. The van der Waals surface area contributed by atoms with Crippen molar-refractivity contribution in [2.24, 2.45) is 11.8 Å². The smallest absolute Gasteiger partial charge is 0.389 e. The van der Waals surface area contributed by atoms with Crippen molar-refractivity contribution in [3.63, 3.8) is 0 Å². The first-order valence-corrected chi connectivity index (χ1v) is 11.5. The summed E-state index contributed by atoms with van der Waals surface area (Å²) in [4.78, 5) is 39.3. The number of Topliss-reactive ketones (excluding diaryl/α,β-unsaturated/α-hetero) is 1. The summed E-state index contributed by atoms with van der Waals surface area (Å²) >= 11 is 0. The molecule has 7 atom stereocenters. The normalized spacial score (nSPS) is 30.5. The summed E-state index contributed by atoms with van der Waals surface area (Å²) in [5, 5.41) is 26.0. The van der Waals surface area contributed by atoms with Gasteiger partial charge in [0.05, 0.1) is 18.2 Å². The molecule has 0 aromatic heterocycles. The van der Waals surface area contributed by atoms with Crippen LogP contribution in [-0.4, -0.2) is 82.7 Å². The van der Waals surface area contributed by atoms with Crippen molar-refractivity contribution in [2.75, 3.05) is 13.2 Å². The second kappa shape index (κ2) is 10.7. The third-order valence-electron chi connectivity index (χ3n) is 7.02. The molecule has 12 heteroatoms. The van der Waals surface area contributed by atoms with Crippen molar-refractivity contribution >= 4 is 17.6 Å². The van der Waals surface area contributed by atoms with Gasteiger partial charge in [-0.1, -0.05) is 13.3 Å². The molecule has 1 aliphatic carbocycles. The number of aliphatic hydroxyl groups excluding tert-OH is 2. The van der Waals surface area contributed by atoms with Crippen LogP contribution in [0.5, 0.6) is 0 Å². The van der Waals surface area contributed by atoms with Gasteiger partial charge in [0.15, 0.2) is 5.78 Å². The number of fused-ring (bicyclic) bond motifs is 1. The van der Waals surface area contributed by atoms with Crippen molar-refractivity contribution in [1.82, 2.24) is 15.5 Å². The van der Waals surface area contributed by atoms with Gasteiger partial charge in [-0.2, -0.15) is 0 Å². The second-order valence-corrected chi connectivity index (χ2v) is 9.12. The Morgan fingerprint density at radius 2 is 2.00 bits per heavy atom. The Labute approximate surface area is 190 Å². The van der Waals surface area contributed by atoms with Gasteiger partial charge in [0, 0.05) is 18.5 Å². The molecule has 0 radical (unpaired) electrons. The number of hydrogen-bond donors (Lipinski definition) is 4. The number of amides is 2. The lowest BCUT2D eigenvalue weighted by Gasteiger charge is -2.36. The Morgan fingerprint density at radius 3 is 2.61 bits per heavy atom. The van der Waals surface area contributed by atoms with Gasteiger partial charge >= 0.3 is 6.36 Å². The fraction of sp³-hybridized carbons (Fsp3) is 0.857. The largest absolute Gasteiger partial charge is 0.522 e. The van der Waals surface area contributed by atoms with Crippen LogP contribution >= 0.6 is 0 Å². The minimum Gasteiger partial charge on any atom is -0.389 e. The van der Waals surface area contributed by atoms with Crippen LogP contribution < -0.4 is 10.6 Å². The van der Waals surface area contributed by atoms with Gasteiger partial charge in [0.2, 0.25) is 11.8 Å². The average Bonchev–Trinajstić information content (AvgIpc) is 3.46. The average molecular weight is 479 g/mol. The van der Waals surface area contributed by atoms with Crippen LogP contribution in [0, 0.1) is 11.8 Å². The maximum Gasteiger partial charge on any atom is 0.522 e. The van der Waals surface area contributed by atoms with Gasteiger partial charge in [-0.3, -0.25) is 24.0 Å². The molecule has 3 aliphatic rings. The van der Waals surface area contributed by atoms with Gasteiger partial charge < -0.3 is 20.8 Å². The molecule has 33 heavy (non-hydrogen) atoms. The van der Waals surface area contributed by atoms with E-state index in [0.717, 1.165) is 19.3 Å². The molecule has 2 amide bonds. The van der Waals surface area contributed by atoms with Crippen molar-refractivity contribution in [3.05, 3.63) is 0 Å². The fourth-order valence-electron chi connectivity index (χ4n) is 5.30. The number of likely N-dealkylation sites (tertiary alicyclic amines) is 1. The summed E-state index contributed by atoms with van der Waals surface area (Å²) in [6.07, 6.45) is -3.85. The van der Waals surface area contributed by atoms with Crippen molar-refractivity contribution in [2.45, 2.75) is 88.7 Å².